The van der Waals surface area contributed by atoms with Crippen LogP contribution >= 0.6 is 11.6 Å². The van der Waals surface area contributed by atoms with Gasteiger partial charge in [-0.25, -0.2) is 9.97 Å². The predicted octanol–water partition coefficient (Wildman–Crippen LogP) is 4.93. The lowest BCUT2D eigenvalue weighted by Crippen LogP contribution is -2.33. The molecule has 0 amide bonds. The second-order valence-electron chi connectivity index (χ2n) is 9.25. The second kappa shape index (κ2) is 9.83. The first-order valence-electron chi connectivity index (χ1n) is 11.9. The van der Waals surface area contributed by atoms with Crippen LogP contribution in [-0.2, 0) is 4.74 Å². The third kappa shape index (κ3) is 5.08. The Morgan fingerprint density at radius 1 is 1.18 bits per heavy atom. The number of ether oxygens (including phenoxy) is 1. The number of aliphatic hydroxyl groups is 1. The predicted molar refractivity (Wildman–Crippen MR) is 130 cm³/mol. The summed E-state index contributed by atoms with van der Waals surface area (Å²) in [6.45, 7) is 3.11. The smallest absolute Gasteiger partial charge is 0.224 e. The van der Waals surface area contributed by atoms with Crippen LogP contribution in [0.25, 0.3) is 11.2 Å². The Labute approximate surface area is 198 Å². The van der Waals surface area contributed by atoms with Gasteiger partial charge in [-0.2, -0.15) is 4.98 Å². The fourth-order valence-corrected chi connectivity index (χ4v) is 5.18. The standard InChI is InChI=1S/C24H31ClN6O2/c1-15-11-19(9-10-33-15)27-23-26-13-21-22(30-23)31(20-7-5-16(14-32)6-8-20)24(29-21)28-18-4-2-3-17(25)12-18/h2-4,12-13,15-16,19-20,32H,5-11,14H2,1H3,(H,28,29)(H,26,27,30)/t15-,16?,19-,20?/m1/s1. The third-order valence-corrected chi connectivity index (χ3v) is 7.01. The van der Waals surface area contributed by atoms with Crippen LogP contribution in [0.1, 0.15) is 51.5 Å². The normalized spacial score (nSPS) is 25.8. The number of imidazole rings is 1. The van der Waals surface area contributed by atoms with Crippen molar-refractivity contribution >= 4 is 40.3 Å². The lowest BCUT2D eigenvalue weighted by atomic mass is 9.86. The Morgan fingerprint density at radius 3 is 2.79 bits per heavy atom. The summed E-state index contributed by atoms with van der Waals surface area (Å²) < 4.78 is 7.88. The maximum atomic E-state index is 9.58. The summed E-state index contributed by atoms with van der Waals surface area (Å²) >= 11 is 6.20. The highest BCUT2D eigenvalue weighted by molar-refractivity contribution is 6.30. The molecular formula is C24H31ClN6O2. The first-order chi connectivity index (χ1) is 16.1. The van der Waals surface area contributed by atoms with E-state index in [2.05, 4.69) is 27.1 Å². The van der Waals surface area contributed by atoms with E-state index in [1.165, 1.54) is 0 Å². The van der Waals surface area contributed by atoms with Gasteiger partial charge in [-0.15, -0.1) is 0 Å². The molecular weight excluding hydrogens is 440 g/mol. The number of nitrogens with one attached hydrogen (secondary N) is 2. The fourth-order valence-electron chi connectivity index (χ4n) is 4.99. The van der Waals surface area contributed by atoms with E-state index in [9.17, 15) is 5.11 Å². The number of anilines is 3. The van der Waals surface area contributed by atoms with Crippen molar-refractivity contribution in [3.63, 3.8) is 0 Å². The van der Waals surface area contributed by atoms with Gasteiger partial charge in [-0.05, 0) is 69.6 Å². The molecule has 0 unspecified atom stereocenters. The molecule has 0 radical (unpaired) electrons. The molecule has 5 rings (SSSR count). The Kier molecular flexibility index (Phi) is 6.66. The van der Waals surface area contributed by atoms with Crippen molar-refractivity contribution in [3.05, 3.63) is 35.5 Å². The number of benzene rings is 1. The molecule has 33 heavy (non-hydrogen) atoms. The Balaban J connectivity index is 1.48. The number of hydrogen-bond acceptors (Lipinski definition) is 7. The molecule has 176 valence electrons. The van der Waals surface area contributed by atoms with Gasteiger partial charge in [-0.1, -0.05) is 17.7 Å². The second-order valence-corrected chi connectivity index (χ2v) is 9.68. The summed E-state index contributed by atoms with van der Waals surface area (Å²) in [5.74, 6) is 1.75. The molecule has 1 aliphatic carbocycles. The summed E-state index contributed by atoms with van der Waals surface area (Å²) in [5.41, 5.74) is 2.46. The van der Waals surface area contributed by atoms with E-state index in [1.807, 2.05) is 24.3 Å². The molecule has 8 nitrogen and oxygen atoms in total. The summed E-state index contributed by atoms with van der Waals surface area (Å²) in [6, 6.07) is 8.19. The number of aliphatic hydroxyl groups excluding tert-OH is 1. The van der Waals surface area contributed by atoms with Crippen molar-refractivity contribution in [2.45, 2.75) is 63.6 Å². The highest BCUT2D eigenvalue weighted by Crippen LogP contribution is 2.37. The molecule has 1 aromatic carbocycles. The highest BCUT2D eigenvalue weighted by Gasteiger charge is 2.27. The van der Waals surface area contributed by atoms with E-state index in [0.717, 1.165) is 67.9 Å². The van der Waals surface area contributed by atoms with Crippen molar-refractivity contribution < 1.29 is 9.84 Å². The molecule has 1 aliphatic heterocycles. The zero-order chi connectivity index (χ0) is 22.8. The highest BCUT2D eigenvalue weighted by atomic mass is 35.5. The minimum Gasteiger partial charge on any atom is -0.396 e. The van der Waals surface area contributed by atoms with Gasteiger partial charge in [0, 0.05) is 36.0 Å². The molecule has 3 N–H and O–H groups in total. The molecule has 9 heteroatoms. The van der Waals surface area contributed by atoms with Crippen LogP contribution in [0.2, 0.25) is 5.02 Å². The van der Waals surface area contributed by atoms with Gasteiger partial charge in [-0.3, -0.25) is 4.57 Å². The van der Waals surface area contributed by atoms with E-state index in [1.54, 1.807) is 6.20 Å². The van der Waals surface area contributed by atoms with Crippen molar-refractivity contribution in [1.82, 2.24) is 19.5 Å². The summed E-state index contributed by atoms with van der Waals surface area (Å²) in [5, 5.41) is 17.2. The molecule has 1 saturated carbocycles. The van der Waals surface area contributed by atoms with Crippen molar-refractivity contribution in [2.75, 3.05) is 23.8 Å². The molecule has 1 saturated heterocycles. The molecule has 2 aromatic heterocycles. The molecule has 0 bridgehead atoms. The van der Waals surface area contributed by atoms with Crippen LogP contribution < -0.4 is 10.6 Å². The van der Waals surface area contributed by atoms with Gasteiger partial charge < -0.3 is 20.5 Å². The van der Waals surface area contributed by atoms with Crippen molar-refractivity contribution in [1.29, 1.82) is 0 Å². The van der Waals surface area contributed by atoms with Gasteiger partial charge in [0.2, 0.25) is 11.9 Å². The van der Waals surface area contributed by atoms with Gasteiger partial charge in [0.15, 0.2) is 5.65 Å². The molecule has 0 spiro atoms. The maximum absolute atomic E-state index is 9.58. The van der Waals surface area contributed by atoms with Gasteiger partial charge in [0.05, 0.1) is 12.3 Å². The summed E-state index contributed by atoms with van der Waals surface area (Å²) in [6.07, 6.45) is 7.86. The molecule has 2 fully saturated rings. The molecule has 2 atom stereocenters. The van der Waals surface area contributed by atoms with E-state index in [4.69, 9.17) is 26.3 Å². The molecule has 3 heterocycles. The quantitative estimate of drug-likeness (QED) is 0.470. The van der Waals surface area contributed by atoms with Crippen LogP contribution in [0.3, 0.4) is 0 Å². The zero-order valence-corrected chi connectivity index (χ0v) is 19.6. The van der Waals surface area contributed by atoms with E-state index < -0.39 is 0 Å². The lowest BCUT2D eigenvalue weighted by molar-refractivity contribution is 0.0231. The molecule has 3 aromatic rings. The average Bonchev–Trinajstić information content (AvgIpc) is 3.16. The van der Waals surface area contributed by atoms with Crippen molar-refractivity contribution in [3.8, 4) is 0 Å². The minimum atomic E-state index is 0.237. The van der Waals surface area contributed by atoms with Crippen LogP contribution in [0, 0.1) is 5.92 Å². The largest absolute Gasteiger partial charge is 0.396 e. The Bertz CT molecular complexity index is 1100. The van der Waals surface area contributed by atoms with E-state index >= 15 is 0 Å². The SMILES string of the molecule is C[C@@H]1C[C@H](Nc2ncc3nc(Nc4cccc(Cl)c4)n(C4CCC(CO)CC4)c3n2)CCO1. The number of rotatable bonds is 6. The first kappa shape index (κ1) is 22.4. The zero-order valence-electron chi connectivity index (χ0n) is 18.9. The Morgan fingerprint density at radius 2 is 2.03 bits per heavy atom. The third-order valence-electron chi connectivity index (χ3n) is 6.77. The van der Waals surface area contributed by atoms with E-state index in [-0.39, 0.29) is 18.8 Å². The van der Waals surface area contributed by atoms with Crippen LogP contribution in [-0.4, -0.2) is 50.0 Å². The van der Waals surface area contributed by atoms with Crippen molar-refractivity contribution in [2.24, 2.45) is 5.92 Å². The van der Waals surface area contributed by atoms with Gasteiger partial charge in [0.1, 0.15) is 5.52 Å². The lowest BCUT2D eigenvalue weighted by Gasteiger charge is -2.30. The number of halogens is 1. The first-order valence-corrected chi connectivity index (χ1v) is 12.2. The van der Waals surface area contributed by atoms with Gasteiger partial charge >= 0.3 is 0 Å². The van der Waals surface area contributed by atoms with E-state index in [0.29, 0.717) is 22.9 Å². The number of fused-ring (bicyclic) bond motifs is 1. The van der Waals surface area contributed by atoms with Crippen LogP contribution in [0.5, 0.6) is 0 Å². The van der Waals surface area contributed by atoms with Crippen LogP contribution in [0.4, 0.5) is 17.6 Å². The fraction of sp³-hybridized carbons (Fsp3) is 0.542. The summed E-state index contributed by atoms with van der Waals surface area (Å²) in [4.78, 5) is 14.3. The topological polar surface area (TPSA) is 97.1 Å². The average molecular weight is 471 g/mol. The number of nitrogens with zero attached hydrogens (tertiary/aromatic N) is 4. The van der Waals surface area contributed by atoms with Gasteiger partial charge in [0.25, 0.3) is 0 Å². The minimum absolute atomic E-state index is 0.237. The number of hydrogen-bond donors (Lipinski definition) is 3. The summed E-state index contributed by atoms with van der Waals surface area (Å²) in [7, 11) is 0. The maximum Gasteiger partial charge on any atom is 0.224 e. The molecule has 2 aliphatic rings. The Hall–Kier alpha value is -2.42. The van der Waals surface area contributed by atoms with Crippen LogP contribution in [0.15, 0.2) is 30.5 Å². The monoisotopic (exact) mass is 470 g/mol. The number of aromatic nitrogens is 4.